The van der Waals surface area contributed by atoms with Gasteiger partial charge in [-0.1, -0.05) is 53.0 Å². The summed E-state index contributed by atoms with van der Waals surface area (Å²) >= 11 is 9.46. The minimum atomic E-state index is -0.545. The van der Waals surface area contributed by atoms with Crippen molar-refractivity contribution in [1.29, 1.82) is 0 Å². The van der Waals surface area contributed by atoms with Gasteiger partial charge in [0, 0.05) is 51.6 Å². The zero-order valence-corrected chi connectivity index (χ0v) is 25.0. The molecular weight excluding hydrogens is 623 g/mol. The molecule has 1 unspecified atom stereocenters. The third-order valence-electron chi connectivity index (χ3n) is 7.91. The molecular formula is C31H27BrClFN6O2. The lowest BCUT2D eigenvalue weighted by Gasteiger charge is -2.34. The van der Waals surface area contributed by atoms with Crippen LogP contribution in [0.4, 0.5) is 10.1 Å². The van der Waals surface area contributed by atoms with E-state index >= 15 is 0 Å². The first-order valence-corrected chi connectivity index (χ1v) is 14.9. The monoisotopic (exact) mass is 648 g/mol. The van der Waals surface area contributed by atoms with Crippen molar-refractivity contribution >= 4 is 50.6 Å². The number of amides is 2. The molecule has 0 fully saturated rings. The molecule has 2 atom stereocenters. The molecule has 4 heterocycles. The Morgan fingerprint density at radius 2 is 1.93 bits per heavy atom. The van der Waals surface area contributed by atoms with Crippen LogP contribution in [0.15, 0.2) is 65.5 Å². The molecule has 214 valence electrons. The Morgan fingerprint density at radius 3 is 2.71 bits per heavy atom. The summed E-state index contributed by atoms with van der Waals surface area (Å²) in [6.45, 7) is 2.30. The Morgan fingerprint density at radius 1 is 1.07 bits per heavy atom. The number of aromatic amines is 1. The summed E-state index contributed by atoms with van der Waals surface area (Å²) in [6.07, 6.45) is 7.12. The zero-order valence-electron chi connectivity index (χ0n) is 22.7. The summed E-state index contributed by atoms with van der Waals surface area (Å²) < 4.78 is 15.5. The minimum Gasteiger partial charge on any atom is -0.330 e. The van der Waals surface area contributed by atoms with Crippen molar-refractivity contribution in [2.45, 2.75) is 38.6 Å². The van der Waals surface area contributed by atoms with Crippen LogP contribution in [0.2, 0.25) is 5.02 Å². The summed E-state index contributed by atoms with van der Waals surface area (Å²) in [5.41, 5.74) is 4.82. The Hall–Kier alpha value is -3.89. The van der Waals surface area contributed by atoms with Crippen LogP contribution in [0.1, 0.15) is 49.9 Å². The molecule has 8 nitrogen and oxygen atoms in total. The van der Waals surface area contributed by atoms with E-state index in [0.29, 0.717) is 59.3 Å². The van der Waals surface area contributed by atoms with Crippen LogP contribution in [-0.2, 0) is 9.59 Å². The van der Waals surface area contributed by atoms with E-state index in [2.05, 4.69) is 36.4 Å². The fraction of sp³-hybridized carbons (Fsp3) is 0.258. The Balaban J connectivity index is 1.38. The number of benzene rings is 2. The van der Waals surface area contributed by atoms with Crippen LogP contribution in [0.5, 0.6) is 0 Å². The lowest BCUT2D eigenvalue weighted by Crippen LogP contribution is -2.38. The van der Waals surface area contributed by atoms with Crippen molar-refractivity contribution in [1.82, 2.24) is 25.1 Å². The number of rotatable bonds is 3. The molecule has 6 rings (SSSR count). The normalized spacial score (nSPS) is 19.3. The van der Waals surface area contributed by atoms with Gasteiger partial charge >= 0.3 is 0 Å². The van der Waals surface area contributed by atoms with Gasteiger partial charge in [0.25, 0.3) is 0 Å². The highest BCUT2D eigenvalue weighted by Crippen LogP contribution is 2.39. The lowest BCUT2D eigenvalue weighted by atomic mass is 9.92. The topological polar surface area (TPSA) is 104 Å². The second-order valence-electron chi connectivity index (χ2n) is 10.6. The number of hydrogen-bond donors (Lipinski definition) is 2. The Labute approximate surface area is 255 Å². The van der Waals surface area contributed by atoms with E-state index in [0.717, 1.165) is 22.4 Å². The summed E-state index contributed by atoms with van der Waals surface area (Å²) in [6, 6.07) is 12.5. The average molecular weight is 650 g/mol. The molecule has 2 amide bonds. The molecule has 0 aliphatic carbocycles. The molecule has 2 aliphatic rings. The number of aromatic nitrogens is 4. The number of carbonyl (C=O) groups excluding carboxylic acids is 2. The summed E-state index contributed by atoms with van der Waals surface area (Å²) in [7, 11) is 0. The predicted octanol–water partition coefficient (Wildman–Crippen LogP) is 7.20. The Kier molecular flexibility index (Phi) is 7.92. The van der Waals surface area contributed by atoms with Crippen molar-refractivity contribution in [3.05, 3.63) is 87.6 Å². The standard InChI is InChI=1S/C31H27BrClFN6O2/c1-17-3-2-4-26(40-12-10-19(15-27(40)41)28-22(32)7-8-23(33)29(28)34)25-13-18(9-11-35-25)21-6-5-20(30-36-16-37-39-30)14-24(21)38-31(17)42/h5-9,11,13-17,26H,2-4,10,12H2,1H3,(H,38,42)(H,36,37,39)/t17?,26-/m0/s1. The van der Waals surface area contributed by atoms with E-state index in [9.17, 15) is 14.0 Å². The highest BCUT2D eigenvalue weighted by atomic mass is 79.9. The van der Waals surface area contributed by atoms with Crippen molar-refractivity contribution in [3.63, 3.8) is 0 Å². The molecule has 42 heavy (non-hydrogen) atoms. The van der Waals surface area contributed by atoms with Gasteiger partial charge in [0.2, 0.25) is 11.8 Å². The highest BCUT2D eigenvalue weighted by Gasteiger charge is 2.31. The second-order valence-corrected chi connectivity index (χ2v) is 11.8. The summed E-state index contributed by atoms with van der Waals surface area (Å²) in [5, 5.41) is 9.93. The van der Waals surface area contributed by atoms with Crippen LogP contribution in [-0.4, -0.2) is 43.4 Å². The van der Waals surface area contributed by atoms with E-state index in [4.69, 9.17) is 16.6 Å². The number of H-pyrrole nitrogens is 1. The number of halogens is 3. The van der Waals surface area contributed by atoms with Gasteiger partial charge < -0.3 is 10.2 Å². The molecule has 2 aromatic heterocycles. The number of nitrogens with zero attached hydrogens (tertiary/aromatic N) is 4. The maximum Gasteiger partial charge on any atom is 0.247 e. The quantitative estimate of drug-likeness (QED) is 0.229. The third kappa shape index (κ3) is 5.48. The van der Waals surface area contributed by atoms with Crippen molar-refractivity contribution < 1.29 is 14.0 Å². The zero-order chi connectivity index (χ0) is 29.4. The van der Waals surface area contributed by atoms with Gasteiger partial charge in [0.05, 0.1) is 16.8 Å². The number of nitrogens with one attached hydrogen (secondary N) is 2. The summed E-state index contributed by atoms with van der Waals surface area (Å²) in [5.74, 6) is -0.480. The third-order valence-corrected chi connectivity index (χ3v) is 8.86. The predicted molar refractivity (Wildman–Crippen MR) is 163 cm³/mol. The van der Waals surface area contributed by atoms with E-state index in [1.165, 1.54) is 18.5 Å². The molecule has 2 aliphatic heterocycles. The van der Waals surface area contributed by atoms with Gasteiger partial charge in [0.15, 0.2) is 5.82 Å². The first-order valence-electron chi connectivity index (χ1n) is 13.7. The fourth-order valence-corrected chi connectivity index (χ4v) is 6.36. The van der Waals surface area contributed by atoms with Gasteiger partial charge in [-0.05, 0) is 60.7 Å². The van der Waals surface area contributed by atoms with Crippen LogP contribution in [0, 0.1) is 11.7 Å². The largest absolute Gasteiger partial charge is 0.330 e. The van der Waals surface area contributed by atoms with E-state index in [1.54, 1.807) is 17.2 Å². The van der Waals surface area contributed by atoms with Crippen LogP contribution in [0.25, 0.3) is 28.1 Å². The number of carbonyl (C=O) groups is 2. The van der Waals surface area contributed by atoms with Crippen LogP contribution < -0.4 is 5.32 Å². The van der Waals surface area contributed by atoms with Crippen molar-refractivity contribution in [3.8, 4) is 22.5 Å². The number of hydrogen-bond acceptors (Lipinski definition) is 5. The van der Waals surface area contributed by atoms with Gasteiger partial charge in [-0.2, -0.15) is 5.10 Å². The number of fused-ring (bicyclic) bond motifs is 4. The smallest absolute Gasteiger partial charge is 0.247 e. The van der Waals surface area contributed by atoms with Crippen LogP contribution >= 0.6 is 27.5 Å². The van der Waals surface area contributed by atoms with Gasteiger partial charge in [-0.25, -0.2) is 9.37 Å². The molecule has 2 N–H and O–H groups in total. The molecule has 0 saturated heterocycles. The first-order chi connectivity index (χ1) is 20.3. The van der Waals surface area contributed by atoms with E-state index < -0.39 is 5.82 Å². The second kappa shape index (κ2) is 11.8. The molecule has 0 radical (unpaired) electrons. The molecule has 2 aromatic carbocycles. The minimum absolute atomic E-state index is 0.00990. The molecule has 0 spiro atoms. The molecule has 0 saturated carbocycles. The molecule has 2 bridgehead atoms. The Bertz CT molecular complexity index is 1710. The van der Waals surface area contributed by atoms with E-state index in [-0.39, 0.29) is 28.8 Å². The molecule has 11 heteroatoms. The average Bonchev–Trinajstić information content (AvgIpc) is 3.53. The maximum absolute atomic E-state index is 14.9. The summed E-state index contributed by atoms with van der Waals surface area (Å²) in [4.78, 5) is 37.6. The SMILES string of the molecule is CC1CCC[C@H](N2CCC(c3c(Br)ccc(Cl)c3F)=CC2=O)c2cc(ccn2)-c2ccc(-c3ncn[nH]3)cc2NC1=O. The van der Waals surface area contributed by atoms with Crippen molar-refractivity contribution in [2.75, 3.05) is 11.9 Å². The van der Waals surface area contributed by atoms with E-state index in [1.807, 2.05) is 37.3 Å². The lowest BCUT2D eigenvalue weighted by molar-refractivity contribution is -0.129. The van der Waals surface area contributed by atoms with Crippen molar-refractivity contribution in [2.24, 2.45) is 5.92 Å². The molecule has 4 aromatic rings. The fourth-order valence-electron chi connectivity index (χ4n) is 5.64. The van der Waals surface area contributed by atoms with Gasteiger partial charge in [-0.15, -0.1) is 0 Å². The highest BCUT2D eigenvalue weighted by molar-refractivity contribution is 9.10. The number of anilines is 1. The van der Waals surface area contributed by atoms with Gasteiger partial charge in [-0.3, -0.25) is 19.7 Å². The van der Waals surface area contributed by atoms with Gasteiger partial charge in [0.1, 0.15) is 12.1 Å². The maximum atomic E-state index is 14.9. The first kappa shape index (κ1) is 28.2. The number of pyridine rings is 1. The van der Waals surface area contributed by atoms with Crippen LogP contribution in [0.3, 0.4) is 0 Å².